The Hall–Kier alpha value is -2.01. The number of carbonyl (C=O) groups excluding carboxylic acids is 1. The molecule has 0 saturated carbocycles. The van der Waals surface area contributed by atoms with Crippen molar-refractivity contribution < 1.29 is 9.53 Å². The van der Waals surface area contributed by atoms with E-state index >= 15 is 0 Å². The van der Waals surface area contributed by atoms with Crippen LogP contribution in [0.5, 0.6) is 0 Å². The van der Waals surface area contributed by atoms with Crippen LogP contribution < -0.4 is 0 Å². The fraction of sp³-hybridized carbons (Fsp3) is 0.0833. The zero-order valence-electron chi connectivity index (χ0n) is 7.91. The number of hydrogen-bond acceptors (Lipinski definition) is 2. The maximum atomic E-state index is 10.5. The number of ether oxygens (including phenoxy) is 1. The molecule has 0 bridgehead atoms. The SMILES string of the molecule is C=C(C#Cc1ccccc1)OC(C)=O. The summed E-state index contributed by atoms with van der Waals surface area (Å²) < 4.78 is 4.66. The molecule has 0 aliphatic carbocycles. The van der Waals surface area contributed by atoms with Crippen LogP contribution in [-0.2, 0) is 9.53 Å². The summed E-state index contributed by atoms with van der Waals surface area (Å²) in [6.07, 6.45) is 0. The second kappa shape index (κ2) is 4.88. The minimum Gasteiger partial charge on any atom is -0.418 e. The molecule has 1 aromatic carbocycles. The van der Waals surface area contributed by atoms with Crippen molar-refractivity contribution in [2.45, 2.75) is 6.92 Å². The molecule has 0 unspecified atom stereocenters. The Morgan fingerprint density at radius 3 is 2.57 bits per heavy atom. The van der Waals surface area contributed by atoms with Crippen molar-refractivity contribution in [3.05, 3.63) is 48.2 Å². The molecule has 2 heteroatoms. The highest BCUT2D eigenvalue weighted by atomic mass is 16.5. The highest BCUT2D eigenvalue weighted by molar-refractivity contribution is 5.68. The van der Waals surface area contributed by atoms with Gasteiger partial charge in [-0.3, -0.25) is 4.79 Å². The molecular formula is C12H10O2. The van der Waals surface area contributed by atoms with E-state index in [1.165, 1.54) is 6.92 Å². The van der Waals surface area contributed by atoms with Gasteiger partial charge in [-0.25, -0.2) is 0 Å². The fourth-order valence-electron chi connectivity index (χ4n) is 0.862. The average Bonchev–Trinajstić information content (AvgIpc) is 2.15. The van der Waals surface area contributed by atoms with E-state index in [1.807, 2.05) is 30.3 Å². The lowest BCUT2D eigenvalue weighted by Crippen LogP contribution is -1.95. The van der Waals surface area contributed by atoms with Crippen LogP contribution in [0, 0.1) is 11.8 Å². The molecule has 0 radical (unpaired) electrons. The van der Waals surface area contributed by atoms with Gasteiger partial charge in [0.25, 0.3) is 0 Å². The molecule has 1 aromatic rings. The van der Waals surface area contributed by atoms with Crippen molar-refractivity contribution in [1.82, 2.24) is 0 Å². The van der Waals surface area contributed by atoms with Crippen LogP contribution in [0.4, 0.5) is 0 Å². The van der Waals surface area contributed by atoms with Gasteiger partial charge < -0.3 is 4.74 Å². The maximum Gasteiger partial charge on any atom is 0.308 e. The van der Waals surface area contributed by atoms with Crippen LogP contribution in [0.25, 0.3) is 0 Å². The molecule has 0 aliphatic rings. The zero-order chi connectivity index (χ0) is 10.4. The number of esters is 1. The Balaban J connectivity index is 2.65. The molecule has 70 valence electrons. The number of rotatable bonds is 1. The molecule has 1 rings (SSSR count). The fourth-order valence-corrected chi connectivity index (χ4v) is 0.862. The zero-order valence-corrected chi connectivity index (χ0v) is 7.91. The molecule has 0 fully saturated rings. The van der Waals surface area contributed by atoms with Gasteiger partial charge in [-0.05, 0) is 24.6 Å². The number of hydrogen-bond donors (Lipinski definition) is 0. The summed E-state index contributed by atoms with van der Waals surface area (Å²) in [5.41, 5.74) is 0.862. The summed E-state index contributed by atoms with van der Waals surface area (Å²) in [5.74, 6) is 5.23. The van der Waals surface area contributed by atoms with Crippen molar-refractivity contribution in [2.75, 3.05) is 0 Å². The Labute approximate surface area is 83.2 Å². The van der Waals surface area contributed by atoms with Crippen molar-refractivity contribution in [1.29, 1.82) is 0 Å². The van der Waals surface area contributed by atoms with E-state index in [2.05, 4.69) is 23.2 Å². The van der Waals surface area contributed by atoms with Gasteiger partial charge in [0.05, 0.1) is 0 Å². The molecule has 0 aliphatic heterocycles. The van der Waals surface area contributed by atoms with Crippen molar-refractivity contribution in [3.8, 4) is 11.8 Å². The second-order valence-corrected chi connectivity index (χ2v) is 2.63. The van der Waals surface area contributed by atoms with E-state index in [9.17, 15) is 4.79 Å². The van der Waals surface area contributed by atoms with Gasteiger partial charge >= 0.3 is 5.97 Å². The van der Waals surface area contributed by atoms with E-state index in [0.717, 1.165) is 5.56 Å². The number of carbonyl (C=O) groups is 1. The Bertz CT molecular complexity index is 393. The predicted octanol–water partition coefficient (Wildman–Crippen LogP) is 2.11. The Morgan fingerprint density at radius 1 is 1.36 bits per heavy atom. The van der Waals surface area contributed by atoms with Gasteiger partial charge in [-0.15, -0.1) is 0 Å². The minimum absolute atomic E-state index is 0.168. The quantitative estimate of drug-likeness (QED) is 0.381. The van der Waals surface area contributed by atoms with Crippen LogP contribution in [-0.4, -0.2) is 5.97 Å². The first-order valence-electron chi connectivity index (χ1n) is 4.13. The van der Waals surface area contributed by atoms with E-state index in [4.69, 9.17) is 0 Å². The average molecular weight is 186 g/mol. The summed E-state index contributed by atoms with van der Waals surface area (Å²) in [6, 6.07) is 9.42. The van der Waals surface area contributed by atoms with Gasteiger partial charge in [0, 0.05) is 12.5 Å². The molecular weight excluding hydrogens is 176 g/mol. The predicted molar refractivity (Wildman–Crippen MR) is 54.2 cm³/mol. The number of benzene rings is 1. The third-order valence-electron chi connectivity index (χ3n) is 1.39. The second-order valence-electron chi connectivity index (χ2n) is 2.63. The molecule has 0 spiro atoms. The molecule has 0 heterocycles. The maximum absolute atomic E-state index is 10.5. The summed E-state index contributed by atoms with van der Waals surface area (Å²) in [4.78, 5) is 10.5. The highest BCUT2D eigenvalue weighted by Gasteiger charge is 1.93. The first-order valence-corrected chi connectivity index (χ1v) is 4.13. The van der Waals surface area contributed by atoms with Crippen LogP contribution in [0.15, 0.2) is 42.7 Å². The van der Waals surface area contributed by atoms with Gasteiger partial charge in [0.15, 0.2) is 5.76 Å². The van der Waals surface area contributed by atoms with Crippen LogP contribution in [0.1, 0.15) is 12.5 Å². The molecule has 0 aromatic heterocycles. The lowest BCUT2D eigenvalue weighted by molar-refractivity contribution is -0.136. The van der Waals surface area contributed by atoms with Crippen LogP contribution in [0.3, 0.4) is 0 Å². The third kappa shape index (κ3) is 3.59. The third-order valence-corrected chi connectivity index (χ3v) is 1.39. The monoisotopic (exact) mass is 186 g/mol. The first kappa shape index (κ1) is 10.1. The van der Waals surface area contributed by atoms with E-state index in [1.54, 1.807) is 0 Å². The van der Waals surface area contributed by atoms with E-state index < -0.39 is 5.97 Å². The summed E-state index contributed by atoms with van der Waals surface area (Å²) in [5, 5.41) is 0. The first-order chi connectivity index (χ1) is 6.68. The minimum atomic E-state index is -0.405. The molecule has 0 atom stereocenters. The molecule has 0 saturated heterocycles. The van der Waals surface area contributed by atoms with Gasteiger partial charge in [-0.1, -0.05) is 24.1 Å². The smallest absolute Gasteiger partial charge is 0.308 e. The Kier molecular flexibility index (Phi) is 3.51. The molecule has 14 heavy (non-hydrogen) atoms. The standard InChI is InChI=1S/C12H10O2/c1-10(14-11(2)13)8-9-12-6-4-3-5-7-12/h3-7H,1H2,2H3. The van der Waals surface area contributed by atoms with Crippen molar-refractivity contribution in [3.63, 3.8) is 0 Å². The topological polar surface area (TPSA) is 26.3 Å². The van der Waals surface area contributed by atoms with E-state index in [-0.39, 0.29) is 5.76 Å². The summed E-state index contributed by atoms with van der Waals surface area (Å²) in [6.45, 7) is 4.81. The normalized spacial score (nSPS) is 8.36. The lowest BCUT2D eigenvalue weighted by Gasteiger charge is -1.94. The van der Waals surface area contributed by atoms with Crippen LogP contribution >= 0.6 is 0 Å². The van der Waals surface area contributed by atoms with Crippen molar-refractivity contribution >= 4 is 5.97 Å². The van der Waals surface area contributed by atoms with Crippen molar-refractivity contribution in [2.24, 2.45) is 0 Å². The van der Waals surface area contributed by atoms with E-state index in [0.29, 0.717) is 0 Å². The highest BCUT2D eigenvalue weighted by Crippen LogP contribution is 1.97. The summed E-state index contributed by atoms with van der Waals surface area (Å²) >= 11 is 0. The van der Waals surface area contributed by atoms with Gasteiger partial charge in [0.2, 0.25) is 0 Å². The van der Waals surface area contributed by atoms with Gasteiger partial charge in [0.1, 0.15) is 0 Å². The Morgan fingerprint density at radius 2 is 2.00 bits per heavy atom. The molecule has 0 N–H and O–H groups in total. The largest absolute Gasteiger partial charge is 0.418 e. The summed E-state index contributed by atoms with van der Waals surface area (Å²) in [7, 11) is 0. The van der Waals surface area contributed by atoms with Gasteiger partial charge in [-0.2, -0.15) is 0 Å². The molecule has 2 nitrogen and oxygen atoms in total. The van der Waals surface area contributed by atoms with Crippen LogP contribution in [0.2, 0.25) is 0 Å². The molecule has 0 amide bonds. The number of allylic oxidation sites excluding steroid dienone is 1. The lowest BCUT2D eigenvalue weighted by atomic mass is 10.2.